The van der Waals surface area contributed by atoms with E-state index in [2.05, 4.69) is 29.0 Å². The summed E-state index contributed by atoms with van der Waals surface area (Å²) in [5.74, 6) is 3.73. The average Bonchev–Trinajstić information content (AvgIpc) is 2.66. The van der Waals surface area contributed by atoms with E-state index < -0.39 is 0 Å². The third-order valence-electron chi connectivity index (χ3n) is 4.81. The average molecular weight is 353 g/mol. The third-order valence-corrected chi connectivity index (χ3v) is 4.81. The molecule has 0 saturated carbocycles. The minimum atomic E-state index is -0.350. The van der Waals surface area contributed by atoms with E-state index in [4.69, 9.17) is 20.6 Å². The minimum absolute atomic E-state index is 0.105. The summed E-state index contributed by atoms with van der Waals surface area (Å²) in [6, 6.07) is 14.3. The highest BCUT2D eigenvalue weighted by molar-refractivity contribution is 5.88. The van der Waals surface area contributed by atoms with Gasteiger partial charge in [0.2, 0.25) is 0 Å². The molecule has 2 aromatic rings. The number of terminal acetylenes is 1. The number of hydrogen-bond donors (Lipinski definition) is 0. The van der Waals surface area contributed by atoms with Crippen LogP contribution in [0.1, 0.15) is 20.8 Å². The lowest BCUT2D eigenvalue weighted by Gasteiger charge is -2.43. The number of ether oxygens (including phenoxy) is 3. The largest absolute Gasteiger partial charge is 0.490 e. The van der Waals surface area contributed by atoms with Crippen LogP contribution in [0.4, 0.5) is 0 Å². The summed E-state index contributed by atoms with van der Waals surface area (Å²) in [4.78, 5) is 2.23. The van der Waals surface area contributed by atoms with Gasteiger partial charge in [0.1, 0.15) is 18.5 Å². The molecule has 1 heterocycles. The van der Waals surface area contributed by atoms with Gasteiger partial charge in [-0.2, -0.15) is 0 Å². The van der Waals surface area contributed by atoms with E-state index in [0.29, 0.717) is 26.3 Å². The van der Waals surface area contributed by atoms with E-state index >= 15 is 0 Å². The van der Waals surface area contributed by atoms with Crippen LogP contribution in [0.15, 0.2) is 42.5 Å². The van der Waals surface area contributed by atoms with Crippen molar-refractivity contribution >= 4 is 10.8 Å². The fourth-order valence-corrected chi connectivity index (χ4v) is 3.22. The molecule has 2 unspecified atom stereocenters. The number of nitrogens with zero attached hydrogens (tertiary/aromatic N) is 1. The van der Waals surface area contributed by atoms with Gasteiger partial charge in [0.05, 0.1) is 12.1 Å². The lowest BCUT2D eigenvalue weighted by Crippen LogP contribution is -2.57. The zero-order valence-corrected chi connectivity index (χ0v) is 15.8. The van der Waals surface area contributed by atoms with E-state index in [0.717, 1.165) is 16.5 Å². The predicted octanol–water partition coefficient (Wildman–Crippen LogP) is 3.69. The van der Waals surface area contributed by atoms with Gasteiger partial charge in [-0.05, 0) is 32.2 Å². The lowest BCUT2D eigenvalue weighted by atomic mass is 10.0. The van der Waals surface area contributed by atoms with Gasteiger partial charge in [-0.25, -0.2) is 0 Å². The first-order valence-electron chi connectivity index (χ1n) is 9.14. The van der Waals surface area contributed by atoms with E-state index in [9.17, 15) is 0 Å². The molecule has 1 aliphatic rings. The number of rotatable bonds is 6. The zero-order valence-electron chi connectivity index (χ0n) is 15.8. The molecular formula is C22H27NO3. The molecule has 3 rings (SSSR count). The highest BCUT2D eigenvalue weighted by atomic mass is 16.7. The molecule has 2 aromatic carbocycles. The smallest absolute Gasteiger partial charge is 0.170 e. The summed E-state index contributed by atoms with van der Waals surface area (Å²) in [6.07, 6.45) is 5.33. The Hall–Kier alpha value is -2.06. The van der Waals surface area contributed by atoms with Crippen molar-refractivity contribution in [3.63, 3.8) is 0 Å². The fraction of sp³-hybridized carbons (Fsp3) is 0.455. The molecule has 0 aliphatic carbocycles. The maximum absolute atomic E-state index is 6.12. The van der Waals surface area contributed by atoms with Crippen molar-refractivity contribution in [3.05, 3.63) is 42.5 Å². The van der Waals surface area contributed by atoms with Crippen LogP contribution in [0.2, 0.25) is 0 Å². The molecule has 1 saturated heterocycles. The molecule has 0 N–H and O–H groups in total. The Labute approximate surface area is 156 Å². The van der Waals surface area contributed by atoms with Gasteiger partial charge in [-0.3, -0.25) is 4.90 Å². The molecule has 2 atom stereocenters. The molecule has 4 nitrogen and oxygen atoms in total. The second kappa shape index (κ2) is 8.09. The van der Waals surface area contributed by atoms with Crippen LogP contribution in [0, 0.1) is 12.3 Å². The summed E-state index contributed by atoms with van der Waals surface area (Å²) in [5.41, 5.74) is -0.350. The van der Waals surface area contributed by atoms with Crippen LogP contribution in [-0.4, -0.2) is 49.1 Å². The minimum Gasteiger partial charge on any atom is -0.490 e. The van der Waals surface area contributed by atoms with Crippen LogP contribution in [-0.2, 0) is 9.47 Å². The third kappa shape index (κ3) is 4.19. The van der Waals surface area contributed by atoms with Crippen LogP contribution in [0.3, 0.4) is 0 Å². The Morgan fingerprint density at radius 3 is 2.73 bits per heavy atom. The second-order valence-electron chi connectivity index (χ2n) is 7.04. The highest BCUT2D eigenvalue weighted by Gasteiger charge is 2.35. The van der Waals surface area contributed by atoms with Gasteiger partial charge >= 0.3 is 0 Å². The molecule has 0 amide bonds. The first-order valence-corrected chi connectivity index (χ1v) is 9.14. The molecule has 138 valence electrons. The normalized spacial score (nSPS) is 21.5. The molecule has 26 heavy (non-hydrogen) atoms. The predicted molar refractivity (Wildman–Crippen MR) is 104 cm³/mol. The van der Waals surface area contributed by atoms with Gasteiger partial charge < -0.3 is 14.2 Å². The van der Waals surface area contributed by atoms with Crippen molar-refractivity contribution in [1.29, 1.82) is 0 Å². The Bertz CT molecular complexity index is 775. The monoisotopic (exact) mass is 353 g/mol. The summed E-state index contributed by atoms with van der Waals surface area (Å²) < 4.78 is 17.9. The molecule has 0 aromatic heterocycles. The van der Waals surface area contributed by atoms with Gasteiger partial charge in [0.15, 0.2) is 6.29 Å². The number of morpholine rings is 1. The first-order chi connectivity index (χ1) is 12.5. The second-order valence-corrected chi connectivity index (χ2v) is 7.04. The molecule has 4 heteroatoms. The summed E-state index contributed by atoms with van der Waals surface area (Å²) in [7, 11) is 0. The number of hydrogen-bond acceptors (Lipinski definition) is 4. The van der Waals surface area contributed by atoms with Crippen LogP contribution >= 0.6 is 0 Å². The zero-order chi connectivity index (χ0) is 18.6. The molecule has 0 bridgehead atoms. The van der Waals surface area contributed by atoms with Crippen LogP contribution < -0.4 is 4.74 Å². The van der Waals surface area contributed by atoms with E-state index in [1.807, 2.05) is 45.0 Å². The van der Waals surface area contributed by atoms with Crippen LogP contribution in [0.5, 0.6) is 5.75 Å². The van der Waals surface area contributed by atoms with Crippen molar-refractivity contribution in [3.8, 4) is 18.1 Å². The van der Waals surface area contributed by atoms with Gasteiger partial charge in [-0.15, -0.1) is 6.42 Å². The fourth-order valence-electron chi connectivity index (χ4n) is 3.22. The molecule has 0 spiro atoms. The molecule has 1 aliphatic heterocycles. The van der Waals surface area contributed by atoms with E-state index in [1.54, 1.807) is 0 Å². The highest BCUT2D eigenvalue weighted by Crippen LogP contribution is 2.27. The topological polar surface area (TPSA) is 30.9 Å². The van der Waals surface area contributed by atoms with Crippen molar-refractivity contribution in [2.45, 2.75) is 38.7 Å². The maximum Gasteiger partial charge on any atom is 0.170 e. The van der Waals surface area contributed by atoms with Crippen LogP contribution in [0.25, 0.3) is 10.8 Å². The van der Waals surface area contributed by atoms with Crippen molar-refractivity contribution in [2.24, 2.45) is 0 Å². The van der Waals surface area contributed by atoms with Crippen molar-refractivity contribution < 1.29 is 14.2 Å². The van der Waals surface area contributed by atoms with Crippen molar-refractivity contribution in [1.82, 2.24) is 4.90 Å². The lowest BCUT2D eigenvalue weighted by molar-refractivity contribution is -0.221. The Kier molecular flexibility index (Phi) is 5.83. The van der Waals surface area contributed by atoms with Crippen molar-refractivity contribution in [2.75, 3.05) is 26.3 Å². The molecular weight excluding hydrogens is 326 g/mol. The van der Waals surface area contributed by atoms with Gasteiger partial charge in [-0.1, -0.05) is 42.3 Å². The molecule has 1 fully saturated rings. The Morgan fingerprint density at radius 2 is 1.96 bits per heavy atom. The van der Waals surface area contributed by atoms with E-state index in [-0.39, 0.29) is 17.9 Å². The summed E-state index contributed by atoms with van der Waals surface area (Å²) in [5, 5.41) is 2.27. The standard InChI is InChI=1S/C22H27NO3/c1-5-22(3,4)23-14-18(26-21(15-23)24-6-2)16-25-20-13-9-11-17-10-7-8-12-19(17)20/h1,7-13,18,21H,6,14-16H2,2-4H3. The number of benzene rings is 2. The Balaban J connectivity index is 1.72. The maximum atomic E-state index is 6.12. The number of fused-ring (bicyclic) bond motifs is 1. The van der Waals surface area contributed by atoms with Gasteiger partial charge in [0.25, 0.3) is 0 Å². The first kappa shape index (κ1) is 18.7. The summed E-state index contributed by atoms with van der Waals surface area (Å²) in [6.45, 7) is 8.49. The van der Waals surface area contributed by atoms with Gasteiger partial charge in [0, 0.05) is 18.5 Å². The SMILES string of the molecule is C#CC(C)(C)N1CC(COc2cccc3ccccc23)OC(OCC)C1. The quantitative estimate of drug-likeness (QED) is 0.741. The summed E-state index contributed by atoms with van der Waals surface area (Å²) >= 11 is 0. The molecule has 0 radical (unpaired) electrons. The van der Waals surface area contributed by atoms with E-state index in [1.165, 1.54) is 0 Å². The Morgan fingerprint density at radius 1 is 1.19 bits per heavy atom.